The number of rotatable bonds is 4. The molecule has 0 radical (unpaired) electrons. The van der Waals surface area contributed by atoms with Gasteiger partial charge in [0.05, 0.1) is 0 Å². The largest absolute Gasteiger partial charge is 0.385 e. The molecule has 0 N–H and O–H groups in total. The number of hydrogen-bond donors (Lipinski definition) is 0. The molecule has 0 saturated heterocycles. The van der Waals surface area contributed by atoms with E-state index in [0.717, 1.165) is 19.6 Å². The quantitative estimate of drug-likeness (QED) is 0.618. The fourth-order valence-electron chi connectivity index (χ4n) is 2.03. The predicted octanol–water partition coefficient (Wildman–Crippen LogP) is 3.59. The summed E-state index contributed by atoms with van der Waals surface area (Å²) in [6.45, 7) is 4.02. The van der Waals surface area contributed by atoms with E-state index in [1.54, 1.807) is 7.11 Å². The third-order valence-electron chi connectivity index (χ3n) is 2.80. The third kappa shape index (κ3) is 2.40. The van der Waals surface area contributed by atoms with Crippen molar-refractivity contribution < 1.29 is 4.74 Å². The van der Waals surface area contributed by atoms with Crippen LogP contribution in [0.15, 0.2) is 24.3 Å². The van der Waals surface area contributed by atoms with Crippen molar-refractivity contribution in [2.45, 2.75) is 19.9 Å². The lowest BCUT2D eigenvalue weighted by Crippen LogP contribution is -2.02. The smallest absolute Gasteiger partial charge is 0.0493 e. The molecule has 3 heteroatoms. The second kappa shape index (κ2) is 5.19. The maximum Gasteiger partial charge on any atom is 0.0493 e. The Bertz CT molecular complexity index is 490. The molecule has 2 rings (SSSR count). The summed E-state index contributed by atoms with van der Waals surface area (Å²) in [6.07, 6.45) is 1.06. The Kier molecular flexibility index (Phi) is 3.86. The number of ether oxygens (including phenoxy) is 1. The van der Waals surface area contributed by atoms with Gasteiger partial charge in [0, 0.05) is 35.0 Å². The molecule has 2 nitrogen and oxygen atoms in total. The highest BCUT2D eigenvalue weighted by Crippen LogP contribution is 2.22. The predicted molar refractivity (Wildman–Crippen MR) is 75.9 cm³/mol. The number of aryl methyl sites for hydroxylation is 2. The maximum absolute atomic E-state index is 5.10. The van der Waals surface area contributed by atoms with Crippen LogP contribution in [0.2, 0.25) is 0 Å². The van der Waals surface area contributed by atoms with Crippen molar-refractivity contribution in [3.05, 3.63) is 33.5 Å². The Labute approximate surface area is 110 Å². The Morgan fingerprint density at radius 2 is 2.12 bits per heavy atom. The molecule has 0 atom stereocenters. The maximum atomic E-state index is 5.10. The van der Waals surface area contributed by atoms with E-state index < -0.39 is 0 Å². The van der Waals surface area contributed by atoms with Crippen LogP contribution < -0.4 is 0 Å². The van der Waals surface area contributed by atoms with Crippen molar-refractivity contribution >= 4 is 33.5 Å². The molecule has 1 heterocycles. The van der Waals surface area contributed by atoms with E-state index in [9.17, 15) is 0 Å². The van der Waals surface area contributed by atoms with E-state index in [2.05, 4.69) is 58.3 Å². The SMILES string of the molecule is COCCCn1c(C)cc2ccc(I)cc21. The standard InChI is InChI=1S/C13H16INO/c1-10-8-11-4-5-12(14)9-13(11)15(10)6-3-7-16-2/h4-5,8-9H,3,6-7H2,1-2H3. The average molecular weight is 329 g/mol. The summed E-state index contributed by atoms with van der Waals surface area (Å²) in [4.78, 5) is 0. The topological polar surface area (TPSA) is 14.2 Å². The lowest BCUT2D eigenvalue weighted by Gasteiger charge is -2.07. The summed E-state index contributed by atoms with van der Waals surface area (Å²) in [5.74, 6) is 0. The molecule has 0 aliphatic heterocycles. The number of aromatic nitrogens is 1. The van der Waals surface area contributed by atoms with E-state index in [1.165, 1.54) is 20.2 Å². The van der Waals surface area contributed by atoms with Crippen molar-refractivity contribution in [1.29, 1.82) is 0 Å². The molecule has 0 amide bonds. The van der Waals surface area contributed by atoms with Crippen molar-refractivity contribution in [2.75, 3.05) is 13.7 Å². The molecular weight excluding hydrogens is 313 g/mol. The molecule has 0 fully saturated rings. The van der Waals surface area contributed by atoms with Crippen molar-refractivity contribution in [3.8, 4) is 0 Å². The van der Waals surface area contributed by atoms with Gasteiger partial charge in [-0.25, -0.2) is 0 Å². The van der Waals surface area contributed by atoms with Crippen molar-refractivity contribution in [3.63, 3.8) is 0 Å². The van der Waals surface area contributed by atoms with E-state index in [-0.39, 0.29) is 0 Å². The van der Waals surface area contributed by atoms with Crippen LogP contribution >= 0.6 is 22.6 Å². The molecule has 0 spiro atoms. The molecular formula is C13H16INO. The Morgan fingerprint density at radius 3 is 2.88 bits per heavy atom. The molecule has 0 aliphatic carbocycles. The normalized spacial score (nSPS) is 11.2. The minimum absolute atomic E-state index is 0.822. The number of benzene rings is 1. The van der Waals surface area contributed by atoms with Crippen LogP contribution in [0.4, 0.5) is 0 Å². The monoisotopic (exact) mass is 329 g/mol. The van der Waals surface area contributed by atoms with Gasteiger partial charge in [-0.2, -0.15) is 0 Å². The number of halogens is 1. The van der Waals surface area contributed by atoms with Gasteiger partial charge < -0.3 is 9.30 Å². The first-order valence-corrected chi connectivity index (χ1v) is 6.54. The molecule has 0 aliphatic rings. The van der Waals surface area contributed by atoms with Gasteiger partial charge >= 0.3 is 0 Å². The molecule has 2 aromatic rings. The van der Waals surface area contributed by atoms with Gasteiger partial charge in [0.25, 0.3) is 0 Å². The molecule has 0 saturated carbocycles. The van der Waals surface area contributed by atoms with Crippen molar-refractivity contribution in [1.82, 2.24) is 4.57 Å². The Balaban J connectivity index is 2.34. The first kappa shape index (κ1) is 11.9. The molecule has 0 bridgehead atoms. The zero-order chi connectivity index (χ0) is 11.5. The fourth-order valence-corrected chi connectivity index (χ4v) is 2.50. The second-order valence-corrected chi connectivity index (χ2v) is 5.23. The van der Waals surface area contributed by atoms with E-state index >= 15 is 0 Å². The molecule has 0 unspecified atom stereocenters. The highest BCUT2D eigenvalue weighted by Gasteiger charge is 2.05. The van der Waals surface area contributed by atoms with Crippen molar-refractivity contribution in [2.24, 2.45) is 0 Å². The van der Waals surface area contributed by atoms with Crippen LogP contribution in [0.1, 0.15) is 12.1 Å². The minimum atomic E-state index is 0.822. The summed E-state index contributed by atoms with van der Waals surface area (Å²) in [7, 11) is 1.75. The summed E-state index contributed by atoms with van der Waals surface area (Å²) in [5.41, 5.74) is 2.66. The van der Waals surface area contributed by atoms with Gasteiger partial charge in [0.2, 0.25) is 0 Å². The first-order chi connectivity index (χ1) is 7.72. The Morgan fingerprint density at radius 1 is 1.31 bits per heavy atom. The molecule has 1 aromatic heterocycles. The number of fused-ring (bicyclic) bond motifs is 1. The van der Waals surface area contributed by atoms with E-state index in [0.29, 0.717) is 0 Å². The summed E-state index contributed by atoms with van der Waals surface area (Å²) < 4.78 is 8.76. The zero-order valence-electron chi connectivity index (χ0n) is 9.66. The van der Waals surface area contributed by atoms with E-state index in [1.807, 2.05) is 0 Å². The van der Waals surface area contributed by atoms with Crippen LogP contribution in [-0.2, 0) is 11.3 Å². The second-order valence-electron chi connectivity index (χ2n) is 3.99. The highest BCUT2D eigenvalue weighted by molar-refractivity contribution is 14.1. The molecule has 86 valence electrons. The van der Waals surface area contributed by atoms with Crippen LogP contribution in [0, 0.1) is 10.5 Å². The van der Waals surface area contributed by atoms with Gasteiger partial charge in [0.15, 0.2) is 0 Å². The zero-order valence-corrected chi connectivity index (χ0v) is 11.8. The molecule has 16 heavy (non-hydrogen) atoms. The van der Waals surface area contributed by atoms with Crippen LogP contribution in [-0.4, -0.2) is 18.3 Å². The number of hydrogen-bond acceptors (Lipinski definition) is 1. The summed E-state index contributed by atoms with van der Waals surface area (Å²) in [6, 6.07) is 8.84. The van der Waals surface area contributed by atoms with Crippen LogP contribution in [0.5, 0.6) is 0 Å². The van der Waals surface area contributed by atoms with E-state index in [4.69, 9.17) is 4.74 Å². The van der Waals surface area contributed by atoms with Gasteiger partial charge in [-0.3, -0.25) is 0 Å². The molecule has 1 aromatic carbocycles. The lowest BCUT2D eigenvalue weighted by molar-refractivity contribution is 0.190. The van der Waals surface area contributed by atoms with Gasteiger partial charge in [-0.1, -0.05) is 6.07 Å². The Hall–Kier alpha value is -0.550. The van der Waals surface area contributed by atoms with Gasteiger partial charge in [-0.05, 0) is 59.5 Å². The summed E-state index contributed by atoms with van der Waals surface area (Å²) in [5, 5.41) is 1.33. The van der Waals surface area contributed by atoms with Gasteiger partial charge in [-0.15, -0.1) is 0 Å². The van der Waals surface area contributed by atoms with Gasteiger partial charge in [0.1, 0.15) is 0 Å². The van der Waals surface area contributed by atoms with Crippen LogP contribution in [0.25, 0.3) is 10.9 Å². The lowest BCUT2D eigenvalue weighted by atomic mass is 10.2. The summed E-state index contributed by atoms with van der Waals surface area (Å²) >= 11 is 2.36. The average Bonchev–Trinajstić information content (AvgIpc) is 2.56. The number of methoxy groups -OCH3 is 1. The number of nitrogens with zero attached hydrogens (tertiary/aromatic N) is 1. The highest BCUT2D eigenvalue weighted by atomic mass is 127. The van der Waals surface area contributed by atoms with Crippen LogP contribution in [0.3, 0.4) is 0 Å². The minimum Gasteiger partial charge on any atom is -0.385 e. The first-order valence-electron chi connectivity index (χ1n) is 5.46. The third-order valence-corrected chi connectivity index (χ3v) is 3.47. The fraction of sp³-hybridized carbons (Fsp3) is 0.385.